The van der Waals surface area contributed by atoms with Crippen molar-refractivity contribution in [3.63, 3.8) is 0 Å². The number of hydrogen-bond donors (Lipinski definition) is 1. The van der Waals surface area contributed by atoms with Crippen molar-refractivity contribution in [2.45, 2.75) is 31.9 Å². The van der Waals surface area contributed by atoms with Crippen molar-refractivity contribution in [3.05, 3.63) is 59.9 Å². The maximum absolute atomic E-state index is 12.0. The van der Waals surface area contributed by atoms with Crippen molar-refractivity contribution in [3.8, 4) is 0 Å². The molecule has 2 atom stereocenters. The molecule has 0 saturated carbocycles. The number of fused-ring (bicyclic) bond motifs is 1. The Bertz CT molecular complexity index is 771. The highest BCUT2D eigenvalue weighted by atomic mass is 16.7. The summed E-state index contributed by atoms with van der Waals surface area (Å²) in [6, 6.07) is 8.98. The van der Waals surface area contributed by atoms with Gasteiger partial charge >= 0.3 is 12.1 Å². The van der Waals surface area contributed by atoms with Crippen LogP contribution in [0.15, 0.2) is 54.3 Å². The summed E-state index contributed by atoms with van der Waals surface area (Å²) in [6.45, 7) is 3.49. The number of allylic oxidation sites excluding steroid dienone is 1. The Kier molecular flexibility index (Phi) is 4.92. The average Bonchev–Trinajstić information content (AvgIpc) is 2.89. The predicted molar refractivity (Wildman–Crippen MR) is 87.3 cm³/mol. The fourth-order valence-electron chi connectivity index (χ4n) is 2.72. The van der Waals surface area contributed by atoms with Crippen molar-refractivity contribution in [2.24, 2.45) is 0 Å². The van der Waals surface area contributed by atoms with Crippen LogP contribution in [0.2, 0.25) is 0 Å². The highest BCUT2D eigenvalue weighted by Crippen LogP contribution is 2.39. The second-order valence-electron chi connectivity index (χ2n) is 5.71. The summed E-state index contributed by atoms with van der Waals surface area (Å²) in [5, 5.41) is 9.37. The van der Waals surface area contributed by atoms with Gasteiger partial charge in [0.05, 0.1) is 12.0 Å². The molecule has 0 aliphatic carbocycles. The molecule has 2 unspecified atom stereocenters. The van der Waals surface area contributed by atoms with Gasteiger partial charge in [-0.3, -0.25) is 9.69 Å². The van der Waals surface area contributed by atoms with Gasteiger partial charge in [-0.1, -0.05) is 36.4 Å². The van der Waals surface area contributed by atoms with E-state index in [9.17, 15) is 19.5 Å². The first-order valence-electron chi connectivity index (χ1n) is 7.93. The minimum atomic E-state index is -1.25. The number of carboxylic acid groups (broad SMARTS) is 1. The third-order valence-electron chi connectivity index (χ3n) is 4.00. The van der Waals surface area contributed by atoms with E-state index in [0.717, 1.165) is 5.56 Å². The lowest BCUT2D eigenvalue weighted by Crippen LogP contribution is -2.53. The number of aliphatic carboxylic acids is 1. The smallest absolute Gasteiger partial charge is 0.478 e. The number of rotatable bonds is 6. The van der Waals surface area contributed by atoms with Crippen LogP contribution in [0.25, 0.3) is 0 Å². The molecule has 26 heavy (non-hydrogen) atoms. The van der Waals surface area contributed by atoms with Crippen LogP contribution in [0.4, 0.5) is 4.79 Å². The van der Waals surface area contributed by atoms with E-state index < -0.39 is 24.6 Å². The third-order valence-corrected chi connectivity index (χ3v) is 4.00. The van der Waals surface area contributed by atoms with Crippen LogP contribution in [-0.4, -0.2) is 40.5 Å². The van der Waals surface area contributed by atoms with Gasteiger partial charge in [-0.25, -0.2) is 9.59 Å². The zero-order chi connectivity index (χ0) is 18.7. The molecule has 0 spiro atoms. The molecule has 2 saturated heterocycles. The molecule has 1 N–H and O–H groups in total. The maximum Gasteiger partial charge on any atom is 0.510 e. The van der Waals surface area contributed by atoms with Gasteiger partial charge in [0.2, 0.25) is 12.1 Å². The van der Waals surface area contributed by atoms with Crippen LogP contribution in [0.1, 0.15) is 18.4 Å². The van der Waals surface area contributed by atoms with Gasteiger partial charge in [0.25, 0.3) is 0 Å². The molecule has 0 aromatic heterocycles. The van der Waals surface area contributed by atoms with Gasteiger partial charge in [0, 0.05) is 6.42 Å². The van der Waals surface area contributed by atoms with Gasteiger partial charge < -0.3 is 19.3 Å². The molecule has 2 aliphatic rings. The zero-order valence-corrected chi connectivity index (χ0v) is 13.8. The second kappa shape index (κ2) is 7.30. The van der Waals surface area contributed by atoms with Crippen molar-refractivity contribution in [1.82, 2.24) is 4.90 Å². The van der Waals surface area contributed by atoms with Gasteiger partial charge in [-0.05, 0) is 5.56 Å². The number of β-lactam (4-membered cyclic amide) rings is 1. The summed E-state index contributed by atoms with van der Waals surface area (Å²) < 4.78 is 15.7. The van der Waals surface area contributed by atoms with E-state index in [1.807, 2.05) is 6.07 Å². The highest BCUT2D eigenvalue weighted by Gasteiger charge is 2.54. The van der Waals surface area contributed by atoms with Crippen molar-refractivity contribution >= 4 is 18.0 Å². The first kappa shape index (κ1) is 17.5. The molecule has 136 valence electrons. The third kappa shape index (κ3) is 3.39. The summed E-state index contributed by atoms with van der Waals surface area (Å²) in [6.07, 6.45) is -1.42. The molecule has 8 heteroatoms. The summed E-state index contributed by atoms with van der Waals surface area (Å²) in [4.78, 5) is 36.5. The van der Waals surface area contributed by atoms with Crippen LogP contribution >= 0.6 is 0 Å². The van der Waals surface area contributed by atoms with Crippen molar-refractivity contribution < 1.29 is 33.7 Å². The van der Waals surface area contributed by atoms with Crippen LogP contribution in [0, 0.1) is 0 Å². The number of carboxylic acids is 1. The second-order valence-corrected chi connectivity index (χ2v) is 5.71. The molecule has 1 aromatic rings. The van der Waals surface area contributed by atoms with E-state index in [4.69, 9.17) is 14.2 Å². The fraction of sp³-hybridized carbons (Fsp3) is 0.278. The molecule has 8 nitrogen and oxygen atoms in total. The lowest BCUT2D eigenvalue weighted by atomic mass is 10.1. The van der Waals surface area contributed by atoms with Crippen LogP contribution in [-0.2, 0) is 30.4 Å². The molecule has 2 fully saturated rings. The molecule has 0 radical (unpaired) electrons. The standard InChI is InChI=1S/C18H17NO7/c1-2-6-12(17(21)22)15-16(19-13(20)9-14(19)25-15)26-18(23)24-10-11-7-4-3-5-8-11/h2-5,7-8,14,16H,1,6,9-10H2,(H,21,22). The zero-order valence-electron chi connectivity index (χ0n) is 13.8. The molecule has 3 rings (SSSR count). The Morgan fingerprint density at radius 2 is 2.08 bits per heavy atom. The fourth-order valence-corrected chi connectivity index (χ4v) is 2.72. The normalized spacial score (nSPS) is 22.6. The highest BCUT2D eigenvalue weighted by molar-refractivity contribution is 5.89. The monoisotopic (exact) mass is 359 g/mol. The minimum Gasteiger partial charge on any atom is -0.478 e. The predicted octanol–water partition coefficient (Wildman–Crippen LogP) is 2.17. The molecule has 2 heterocycles. The van der Waals surface area contributed by atoms with Crippen molar-refractivity contribution in [2.75, 3.05) is 0 Å². The number of ether oxygens (including phenoxy) is 3. The van der Waals surface area contributed by atoms with E-state index in [0.29, 0.717) is 0 Å². The molecule has 1 aromatic carbocycles. The topological polar surface area (TPSA) is 102 Å². The SMILES string of the molecule is C=CCC(C(=O)O)=C1OC2CC(=O)N2C1OC(=O)OCc1ccccc1. The Hall–Kier alpha value is -3.29. The van der Waals surface area contributed by atoms with Gasteiger partial charge in [-0.15, -0.1) is 6.58 Å². The molecule has 0 bridgehead atoms. The van der Waals surface area contributed by atoms with Crippen LogP contribution in [0.3, 0.4) is 0 Å². The van der Waals surface area contributed by atoms with Gasteiger partial charge in [0.15, 0.2) is 12.0 Å². The lowest BCUT2D eigenvalue weighted by molar-refractivity contribution is -0.165. The summed E-state index contributed by atoms with van der Waals surface area (Å²) in [7, 11) is 0. The van der Waals surface area contributed by atoms with Crippen molar-refractivity contribution in [1.29, 1.82) is 0 Å². The van der Waals surface area contributed by atoms with Crippen LogP contribution < -0.4 is 0 Å². The van der Waals surface area contributed by atoms with E-state index >= 15 is 0 Å². The Morgan fingerprint density at radius 3 is 2.69 bits per heavy atom. The Morgan fingerprint density at radius 1 is 1.35 bits per heavy atom. The van der Waals surface area contributed by atoms with E-state index in [2.05, 4.69) is 6.58 Å². The lowest BCUT2D eigenvalue weighted by Gasteiger charge is -2.33. The average molecular weight is 359 g/mol. The van der Waals surface area contributed by atoms with E-state index in [1.165, 1.54) is 11.0 Å². The quantitative estimate of drug-likeness (QED) is 0.359. The van der Waals surface area contributed by atoms with Gasteiger partial charge in [-0.2, -0.15) is 0 Å². The summed E-state index contributed by atoms with van der Waals surface area (Å²) in [5.74, 6) is -1.61. The number of carbonyl (C=O) groups excluding carboxylic acids is 2. The van der Waals surface area contributed by atoms with E-state index in [1.54, 1.807) is 24.3 Å². The Balaban J connectivity index is 1.74. The summed E-state index contributed by atoms with van der Waals surface area (Å²) >= 11 is 0. The van der Waals surface area contributed by atoms with E-state index in [-0.39, 0.29) is 36.7 Å². The first-order valence-corrected chi connectivity index (χ1v) is 7.93. The number of hydrogen-bond acceptors (Lipinski definition) is 6. The maximum atomic E-state index is 12.0. The Labute approximate surface area is 149 Å². The number of carbonyl (C=O) groups is 3. The summed E-state index contributed by atoms with van der Waals surface area (Å²) in [5.41, 5.74) is 0.640. The number of nitrogens with zero attached hydrogens (tertiary/aromatic N) is 1. The molecular weight excluding hydrogens is 342 g/mol. The number of amides is 1. The molecule has 1 amide bonds. The first-order chi connectivity index (χ1) is 12.5. The molecule has 2 aliphatic heterocycles. The molecular formula is C18H17NO7. The number of benzene rings is 1. The minimum absolute atomic E-state index is 0.00165. The van der Waals surface area contributed by atoms with Gasteiger partial charge in [0.1, 0.15) is 6.61 Å². The van der Waals surface area contributed by atoms with Crippen LogP contribution in [0.5, 0.6) is 0 Å². The largest absolute Gasteiger partial charge is 0.510 e.